The van der Waals surface area contributed by atoms with Crippen molar-refractivity contribution in [2.75, 3.05) is 6.61 Å². The number of ether oxygens (including phenoxy) is 1. The van der Waals surface area contributed by atoms with Gasteiger partial charge in [-0.3, -0.25) is 4.79 Å². The highest BCUT2D eigenvalue weighted by molar-refractivity contribution is 7.90. The molecular formula is C15H21N3O4S. The predicted octanol–water partition coefficient (Wildman–Crippen LogP) is 1.12. The zero-order chi connectivity index (χ0) is 17.0. The van der Waals surface area contributed by atoms with Crippen LogP contribution in [0, 0.1) is 0 Å². The lowest BCUT2D eigenvalue weighted by atomic mass is 10.2. The van der Waals surface area contributed by atoms with Crippen molar-refractivity contribution in [2.24, 2.45) is 5.73 Å². The Morgan fingerprint density at radius 2 is 2.09 bits per heavy atom. The highest BCUT2D eigenvalue weighted by Crippen LogP contribution is 2.17. The van der Waals surface area contributed by atoms with Crippen molar-refractivity contribution in [1.82, 2.24) is 9.71 Å². The SMILES string of the molecule is CC(C)OCCC(N)C(=O)NS(=O)(=O)c1ccc2[nH]ccc2c1. The number of aromatic amines is 1. The summed E-state index contributed by atoms with van der Waals surface area (Å²) < 4.78 is 31.8. The summed E-state index contributed by atoms with van der Waals surface area (Å²) in [6.45, 7) is 4.03. The first kappa shape index (κ1) is 17.5. The Kier molecular flexibility index (Phi) is 5.40. The largest absolute Gasteiger partial charge is 0.379 e. The molecule has 0 aliphatic heterocycles. The zero-order valence-corrected chi connectivity index (χ0v) is 13.9. The van der Waals surface area contributed by atoms with Crippen LogP contribution in [0.15, 0.2) is 35.4 Å². The van der Waals surface area contributed by atoms with Gasteiger partial charge in [0.05, 0.1) is 17.0 Å². The van der Waals surface area contributed by atoms with Gasteiger partial charge in [-0.05, 0) is 44.5 Å². The van der Waals surface area contributed by atoms with E-state index in [0.29, 0.717) is 6.61 Å². The van der Waals surface area contributed by atoms with Crippen molar-refractivity contribution in [1.29, 1.82) is 0 Å². The monoisotopic (exact) mass is 339 g/mol. The molecule has 0 saturated carbocycles. The van der Waals surface area contributed by atoms with Crippen LogP contribution < -0.4 is 10.5 Å². The van der Waals surface area contributed by atoms with Crippen LogP contribution >= 0.6 is 0 Å². The van der Waals surface area contributed by atoms with E-state index in [4.69, 9.17) is 10.5 Å². The molecule has 0 aliphatic carbocycles. The third kappa shape index (κ3) is 4.54. The molecule has 1 aromatic heterocycles. The third-order valence-electron chi connectivity index (χ3n) is 3.29. The van der Waals surface area contributed by atoms with E-state index in [1.165, 1.54) is 12.1 Å². The van der Waals surface area contributed by atoms with Gasteiger partial charge in [-0.2, -0.15) is 0 Å². The maximum Gasteiger partial charge on any atom is 0.264 e. The molecule has 23 heavy (non-hydrogen) atoms. The van der Waals surface area contributed by atoms with Crippen LogP contribution in [0.5, 0.6) is 0 Å². The van der Waals surface area contributed by atoms with E-state index in [9.17, 15) is 13.2 Å². The normalized spacial score (nSPS) is 13.4. The number of rotatable bonds is 7. The Morgan fingerprint density at radius 3 is 2.78 bits per heavy atom. The summed E-state index contributed by atoms with van der Waals surface area (Å²) >= 11 is 0. The number of amides is 1. The predicted molar refractivity (Wildman–Crippen MR) is 87.3 cm³/mol. The van der Waals surface area contributed by atoms with Gasteiger partial charge in [-0.15, -0.1) is 0 Å². The number of sulfonamides is 1. The maximum absolute atomic E-state index is 12.3. The summed E-state index contributed by atoms with van der Waals surface area (Å²) in [6.07, 6.45) is 1.99. The molecule has 1 atom stereocenters. The zero-order valence-electron chi connectivity index (χ0n) is 13.1. The summed E-state index contributed by atoms with van der Waals surface area (Å²) in [6, 6.07) is 5.38. The van der Waals surface area contributed by atoms with Crippen LogP contribution in [0.4, 0.5) is 0 Å². The molecule has 0 spiro atoms. The lowest BCUT2D eigenvalue weighted by Crippen LogP contribution is -2.44. The second kappa shape index (κ2) is 7.12. The van der Waals surface area contributed by atoms with E-state index in [0.717, 1.165) is 10.9 Å². The molecule has 7 nitrogen and oxygen atoms in total. The standard InChI is InChI=1S/C15H21N3O4S/c1-10(2)22-8-6-13(16)15(19)18-23(20,21)12-3-4-14-11(9-12)5-7-17-14/h3-5,7,9-10,13,17H,6,8,16H2,1-2H3,(H,18,19). The Hall–Kier alpha value is -1.90. The number of aromatic nitrogens is 1. The van der Waals surface area contributed by atoms with Gasteiger partial charge in [0.15, 0.2) is 0 Å². The molecule has 4 N–H and O–H groups in total. The number of nitrogens with one attached hydrogen (secondary N) is 2. The first-order chi connectivity index (χ1) is 10.8. The number of hydrogen-bond donors (Lipinski definition) is 3. The molecule has 0 aliphatic rings. The van der Waals surface area contributed by atoms with Crippen LogP contribution in [-0.4, -0.2) is 38.1 Å². The molecule has 1 unspecified atom stereocenters. The van der Waals surface area contributed by atoms with Crippen molar-refractivity contribution >= 4 is 26.8 Å². The van der Waals surface area contributed by atoms with Gasteiger partial charge < -0.3 is 15.5 Å². The van der Waals surface area contributed by atoms with Gasteiger partial charge in [-0.1, -0.05) is 0 Å². The molecular weight excluding hydrogens is 318 g/mol. The number of carbonyl (C=O) groups is 1. The Labute approximate surface area is 135 Å². The molecule has 0 radical (unpaired) electrons. The molecule has 0 fully saturated rings. The Balaban J connectivity index is 2.03. The van der Waals surface area contributed by atoms with E-state index in [-0.39, 0.29) is 17.4 Å². The van der Waals surface area contributed by atoms with Gasteiger partial charge in [-0.25, -0.2) is 13.1 Å². The molecule has 2 aromatic rings. The fourth-order valence-electron chi connectivity index (χ4n) is 2.03. The van der Waals surface area contributed by atoms with E-state index in [1.54, 1.807) is 18.3 Å². The quantitative estimate of drug-likeness (QED) is 0.699. The fraction of sp³-hybridized carbons (Fsp3) is 0.400. The van der Waals surface area contributed by atoms with E-state index in [2.05, 4.69) is 4.98 Å². The lowest BCUT2D eigenvalue weighted by Gasteiger charge is -2.14. The van der Waals surface area contributed by atoms with Crippen molar-refractivity contribution in [3.05, 3.63) is 30.5 Å². The number of carbonyl (C=O) groups excluding carboxylic acids is 1. The van der Waals surface area contributed by atoms with Crippen LogP contribution in [0.3, 0.4) is 0 Å². The number of H-pyrrole nitrogens is 1. The summed E-state index contributed by atoms with van der Waals surface area (Å²) in [7, 11) is -3.95. The van der Waals surface area contributed by atoms with E-state index >= 15 is 0 Å². The smallest absolute Gasteiger partial charge is 0.264 e. The number of hydrogen-bond acceptors (Lipinski definition) is 5. The fourth-order valence-corrected chi connectivity index (χ4v) is 3.09. The van der Waals surface area contributed by atoms with Crippen molar-refractivity contribution in [3.8, 4) is 0 Å². The number of nitrogens with two attached hydrogens (primary N) is 1. The minimum Gasteiger partial charge on any atom is -0.379 e. The summed E-state index contributed by atoms with van der Waals surface area (Å²) in [4.78, 5) is 14.9. The van der Waals surface area contributed by atoms with Crippen LogP contribution in [0.2, 0.25) is 0 Å². The Morgan fingerprint density at radius 1 is 1.35 bits per heavy atom. The molecule has 1 heterocycles. The summed E-state index contributed by atoms with van der Waals surface area (Å²) in [5.41, 5.74) is 6.52. The van der Waals surface area contributed by atoms with Gasteiger partial charge in [0.25, 0.3) is 15.9 Å². The van der Waals surface area contributed by atoms with Crippen molar-refractivity contribution in [2.45, 2.75) is 37.3 Å². The molecule has 126 valence electrons. The number of benzene rings is 1. The van der Waals surface area contributed by atoms with Gasteiger partial charge in [0.1, 0.15) is 0 Å². The van der Waals surface area contributed by atoms with Crippen LogP contribution in [0.1, 0.15) is 20.3 Å². The average molecular weight is 339 g/mol. The Bertz CT molecular complexity index is 783. The van der Waals surface area contributed by atoms with E-state index in [1.807, 2.05) is 18.6 Å². The topological polar surface area (TPSA) is 114 Å². The summed E-state index contributed by atoms with van der Waals surface area (Å²) in [5, 5.41) is 0.745. The lowest BCUT2D eigenvalue weighted by molar-refractivity contribution is -0.121. The van der Waals surface area contributed by atoms with Crippen LogP contribution in [-0.2, 0) is 19.6 Å². The molecule has 2 rings (SSSR count). The van der Waals surface area contributed by atoms with Gasteiger partial charge in [0.2, 0.25) is 0 Å². The van der Waals surface area contributed by atoms with Gasteiger partial charge >= 0.3 is 0 Å². The minimum atomic E-state index is -3.95. The third-order valence-corrected chi connectivity index (χ3v) is 4.63. The molecule has 8 heteroatoms. The molecule has 0 saturated heterocycles. The second-order valence-electron chi connectivity index (χ2n) is 5.51. The van der Waals surface area contributed by atoms with E-state index < -0.39 is 22.0 Å². The summed E-state index contributed by atoms with van der Waals surface area (Å²) in [5.74, 6) is -0.744. The van der Waals surface area contributed by atoms with Crippen molar-refractivity contribution in [3.63, 3.8) is 0 Å². The minimum absolute atomic E-state index is 0.0172. The highest BCUT2D eigenvalue weighted by Gasteiger charge is 2.22. The second-order valence-corrected chi connectivity index (χ2v) is 7.19. The maximum atomic E-state index is 12.3. The first-order valence-corrected chi connectivity index (χ1v) is 8.79. The first-order valence-electron chi connectivity index (χ1n) is 7.30. The molecule has 1 aromatic carbocycles. The van der Waals surface area contributed by atoms with Crippen LogP contribution in [0.25, 0.3) is 10.9 Å². The van der Waals surface area contributed by atoms with Crippen molar-refractivity contribution < 1.29 is 17.9 Å². The van der Waals surface area contributed by atoms with Gasteiger partial charge in [0, 0.05) is 23.7 Å². The molecule has 1 amide bonds. The average Bonchev–Trinajstić information content (AvgIpc) is 2.93. The highest BCUT2D eigenvalue weighted by atomic mass is 32.2. The molecule has 0 bridgehead atoms. The number of fused-ring (bicyclic) bond motifs is 1.